The summed E-state index contributed by atoms with van der Waals surface area (Å²) in [6.07, 6.45) is -0.754. The highest BCUT2D eigenvalue weighted by Gasteiger charge is 2.68. The topological polar surface area (TPSA) is 66.4 Å². The van der Waals surface area contributed by atoms with Gasteiger partial charge in [0.25, 0.3) is 0 Å². The van der Waals surface area contributed by atoms with E-state index >= 15 is 0 Å². The van der Waals surface area contributed by atoms with Gasteiger partial charge in [-0.15, -0.1) is 0 Å². The van der Waals surface area contributed by atoms with Gasteiger partial charge < -0.3 is 10.4 Å². The number of carbonyl (C=O) groups excluding carboxylic acids is 2. The van der Waals surface area contributed by atoms with Gasteiger partial charge in [-0.05, 0) is 5.92 Å². The second-order valence-corrected chi connectivity index (χ2v) is 5.92. The number of aliphatic hydroxyl groups excluding tert-OH is 1. The lowest BCUT2D eigenvalue weighted by atomic mass is 9.75. The smallest absolute Gasteiger partial charge is 0.241 e. The number of aliphatic hydroxyl groups is 1. The van der Waals surface area contributed by atoms with Crippen molar-refractivity contribution in [3.05, 3.63) is 0 Å². The van der Waals surface area contributed by atoms with E-state index in [4.69, 9.17) is 0 Å². The van der Waals surface area contributed by atoms with Crippen LogP contribution < -0.4 is 5.32 Å². The predicted molar refractivity (Wildman–Crippen MR) is 57.3 cm³/mol. The van der Waals surface area contributed by atoms with Crippen LogP contribution in [0.4, 0.5) is 0 Å². The van der Waals surface area contributed by atoms with E-state index in [0.29, 0.717) is 0 Å². The number of nitrogens with one attached hydrogen (secondary N) is 1. The van der Waals surface area contributed by atoms with Crippen molar-refractivity contribution >= 4 is 22.8 Å². The maximum Gasteiger partial charge on any atom is 0.241 e. The molecule has 2 saturated heterocycles. The number of hydrogen-bond donors (Lipinski definition) is 2. The van der Waals surface area contributed by atoms with Gasteiger partial charge in [0.2, 0.25) is 5.91 Å². The SMILES string of the molecule is CC(C)[C@H](O)[C@@]12SC(=O)C(C)[C@@H]1NC2=O. The van der Waals surface area contributed by atoms with Gasteiger partial charge in [0, 0.05) is 5.92 Å². The van der Waals surface area contributed by atoms with E-state index in [1.807, 2.05) is 13.8 Å². The molecule has 1 amide bonds. The van der Waals surface area contributed by atoms with Crippen LogP contribution >= 0.6 is 11.8 Å². The summed E-state index contributed by atoms with van der Waals surface area (Å²) in [5.74, 6) is -0.415. The molecule has 0 aromatic carbocycles. The van der Waals surface area contributed by atoms with E-state index in [2.05, 4.69) is 5.32 Å². The maximum atomic E-state index is 11.6. The van der Waals surface area contributed by atoms with Gasteiger partial charge in [0.15, 0.2) is 5.12 Å². The van der Waals surface area contributed by atoms with Crippen molar-refractivity contribution in [1.29, 1.82) is 0 Å². The highest BCUT2D eigenvalue weighted by atomic mass is 32.2. The molecule has 2 fully saturated rings. The molecule has 0 aromatic heterocycles. The van der Waals surface area contributed by atoms with E-state index in [0.717, 1.165) is 11.8 Å². The van der Waals surface area contributed by atoms with Crippen LogP contribution in [0.15, 0.2) is 0 Å². The van der Waals surface area contributed by atoms with Crippen molar-refractivity contribution in [2.24, 2.45) is 11.8 Å². The van der Waals surface area contributed by atoms with Crippen LogP contribution in [-0.2, 0) is 9.59 Å². The lowest BCUT2D eigenvalue weighted by molar-refractivity contribution is -0.139. The zero-order valence-corrected chi connectivity index (χ0v) is 9.80. The number of thioether (sulfide) groups is 1. The van der Waals surface area contributed by atoms with E-state index in [1.54, 1.807) is 6.92 Å². The molecule has 84 valence electrons. The minimum atomic E-state index is -0.912. The van der Waals surface area contributed by atoms with Crippen molar-refractivity contribution in [3.63, 3.8) is 0 Å². The summed E-state index contributed by atoms with van der Waals surface area (Å²) in [6, 6.07) is -0.195. The van der Waals surface area contributed by atoms with E-state index in [-0.39, 0.29) is 28.9 Å². The molecule has 0 aliphatic carbocycles. The lowest BCUT2D eigenvalue weighted by Crippen LogP contribution is -2.75. The summed E-state index contributed by atoms with van der Waals surface area (Å²) in [4.78, 5) is 23.2. The molecule has 4 atom stereocenters. The lowest BCUT2D eigenvalue weighted by Gasteiger charge is -2.47. The third kappa shape index (κ3) is 1.19. The molecule has 15 heavy (non-hydrogen) atoms. The second kappa shape index (κ2) is 3.22. The van der Waals surface area contributed by atoms with Gasteiger partial charge >= 0.3 is 0 Å². The van der Waals surface area contributed by atoms with Crippen molar-refractivity contribution in [2.75, 3.05) is 0 Å². The molecule has 2 aliphatic heterocycles. The first-order valence-electron chi connectivity index (χ1n) is 5.13. The summed E-state index contributed by atoms with van der Waals surface area (Å²) in [7, 11) is 0. The molecule has 0 saturated carbocycles. The molecule has 0 spiro atoms. The highest BCUT2D eigenvalue weighted by molar-refractivity contribution is 8.16. The number of rotatable bonds is 2. The van der Waals surface area contributed by atoms with Gasteiger partial charge in [-0.1, -0.05) is 32.5 Å². The van der Waals surface area contributed by atoms with Gasteiger partial charge in [0.05, 0.1) is 12.1 Å². The first-order valence-corrected chi connectivity index (χ1v) is 5.94. The van der Waals surface area contributed by atoms with Gasteiger partial charge in [-0.25, -0.2) is 0 Å². The van der Waals surface area contributed by atoms with Crippen LogP contribution in [0.5, 0.6) is 0 Å². The molecule has 4 nitrogen and oxygen atoms in total. The highest BCUT2D eigenvalue weighted by Crippen LogP contribution is 2.51. The summed E-state index contributed by atoms with van der Waals surface area (Å²) in [6.45, 7) is 5.51. The number of fused-ring (bicyclic) bond motifs is 1. The quantitative estimate of drug-likeness (QED) is 0.661. The standard InChI is InChI=1S/C10H15NO3S/c1-4(2)7(12)10-6(11-9(10)14)5(3)8(13)15-10/h4-7,12H,1-3H3,(H,11,14)/t5?,6-,7-,10-/m0/s1. The molecule has 2 aliphatic rings. The minimum Gasteiger partial charge on any atom is -0.391 e. The van der Waals surface area contributed by atoms with Crippen LogP contribution in [0.25, 0.3) is 0 Å². The summed E-state index contributed by atoms with van der Waals surface area (Å²) < 4.78 is -0.912. The van der Waals surface area contributed by atoms with Gasteiger partial charge in [-0.3, -0.25) is 9.59 Å². The average Bonchev–Trinajstić information content (AvgIpc) is 2.37. The monoisotopic (exact) mass is 229 g/mol. The fourth-order valence-corrected chi connectivity index (χ4v) is 3.89. The Morgan fingerprint density at radius 2 is 2.07 bits per heavy atom. The normalized spacial score (nSPS) is 41.1. The Hall–Kier alpha value is -0.550. The average molecular weight is 229 g/mol. The zero-order chi connectivity index (χ0) is 11.4. The predicted octanol–water partition coefficient (Wildman–Crippen LogP) is 0.150. The Kier molecular flexibility index (Phi) is 2.35. The van der Waals surface area contributed by atoms with Crippen LogP contribution in [0, 0.1) is 11.8 Å². The van der Waals surface area contributed by atoms with Gasteiger partial charge in [0.1, 0.15) is 4.75 Å². The molecular weight excluding hydrogens is 214 g/mol. The molecule has 1 unspecified atom stereocenters. The maximum absolute atomic E-state index is 11.6. The Bertz CT molecular complexity index is 331. The Balaban J connectivity index is 2.33. The van der Waals surface area contributed by atoms with Crippen molar-refractivity contribution in [2.45, 2.75) is 37.7 Å². The molecule has 0 radical (unpaired) electrons. The minimum absolute atomic E-state index is 0.00181. The third-order valence-corrected chi connectivity index (χ3v) is 4.91. The molecule has 0 bridgehead atoms. The van der Waals surface area contributed by atoms with E-state index < -0.39 is 10.9 Å². The van der Waals surface area contributed by atoms with Crippen LogP contribution in [0.1, 0.15) is 20.8 Å². The third-order valence-electron chi connectivity index (χ3n) is 3.32. The van der Waals surface area contributed by atoms with E-state index in [9.17, 15) is 14.7 Å². The molecular formula is C10H15NO3S. The molecule has 0 aromatic rings. The number of β-lactam (4-membered cyclic amide) rings is 1. The van der Waals surface area contributed by atoms with Crippen molar-refractivity contribution < 1.29 is 14.7 Å². The zero-order valence-electron chi connectivity index (χ0n) is 8.98. The summed E-state index contributed by atoms with van der Waals surface area (Å²) in [5, 5.41) is 12.8. The Labute approximate surface area is 92.8 Å². The Morgan fingerprint density at radius 3 is 2.47 bits per heavy atom. The number of amides is 1. The van der Waals surface area contributed by atoms with Crippen molar-refractivity contribution in [1.82, 2.24) is 5.32 Å². The molecule has 2 rings (SSSR count). The fourth-order valence-electron chi connectivity index (χ4n) is 2.30. The summed E-state index contributed by atoms with van der Waals surface area (Å²) >= 11 is 1.01. The van der Waals surface area contributed by atoms with E-state index in [1.165, 1.54) is 0 Å². The molecule has 2 heterocycles. The first-order chi connectivity index (χ1) is 6.91. The number of carbonyl (C=O) groups is 2. The summed E-state index contributed by atoms with van der Waals surface area (Å²) in [5.41, 5.74) is 0. The van der Waals surface area contributed by atoms with Crippen LogP contribution in [0.3, 0.4) is 0 Å². The van der Waals surface area contributed by atoms with Crippen molar-refractivity contribution in [3.8, 4) is 0 Å². The fraction of sp³-hybridized carbons (Fsp3) is 0.800. The Morgan fingerprint density at radius 1 is 1.47 bits per heavy atom. The van der Waals surface area contributed by atoms with Crippen LogP contribution in [0.2, 0.25) is 0 Å². The molecule has 5 heteroatoms. The second-order valence-electron chi connectivity index (χ2n) is 4.64. The van der Waals surface area contributed by atoms with Crippen LogP contribution in [-0.4, -0.2) is 33.0 Å². The van der Waals surface area contributed by atoms with Gasteiger partial charge in [-0.2, -0.15) is 0 Å². The first kappa shape index (κ1) is 11.0. The molecule has 2 N–H and O–H groups in total. The largest absolute Gasteiger partial charge is 0.391 e. The number of hydrogen-bond acceptors (Lipinski definition) is 4.